The molecule has 2 aromatic rings. The van der Waals surface area contributed by atoms with Gasteiger partial charge in [-0.25, -0.2) is 8.42 Å². The van der Waals surface area contributed by atoms with Crippen LogP contribution >= 0.6 is 11.3 Å². The van der Waals surface area contributed by atoms with Crippen LogP contribution in [0.5, 0.6) is 5.75 Å². The molecule has 9 heteroatoms. The molecule has 1 heterocycles. The van der Waals surface area contributed by atoms with Crippen molar-refractivity contribution < 1.29 is 27.8 Å². The third-order valence-corrected chi connectivity index (χ3v) is 9.22. The highest BCUT2D eigenvalue weighted by atomic mass is 32.2. The lowest BCUT2D eigenvalue weighted by molar-refractivity contribution is -0.139. The van der Waals surface area contributed by atoms with E-state index in [1.165, 1.54) is 24.0 Å². The third-order valence-electron chi connectivity index (χ3n) is 6.08. The number of esters is 1. The molecule has 0 fully saturated rings. The van der Waals surface area contributed by atoms with Crippen LogP contribution in [-0.4, -0.2) is 45.9 Å². The van der Waals surface area contributed by atoms with Gasteiger partial charge in [-0.1, -0.05) is 46.8 Å². The van der Waals surface area contributed by atoms with E-state index in [-0.39, 0.29) is 22.1 Å². The van der Waals surface area contributed by atoms with Gasteiger partial charge >= 0.3 is 5.97 Å². The van der Waals surface area contributed by atoms with Gasteiger partial charge in [0.2, 0.25) is 0 Å². The predicted molar refractivity (Wildman–Crippen MR) is 140 cm³/mol. The quantitative estimate of drug-likeness (QED) is 0.369. The highest BCUT2D eigenvalue weighted by Gasteiger charge is 2.23. The number of aliphatic hydroxyl groups excluding tert-OH is 1. The second-order valence-corrected chi connectivity index (χ2v) is 12.8. The summed E-state index contributed by atoms with van der Waals surface area (Å²) < 4.78 is 37.8. The monoisotopic (exact) mass is 525 g/mol. The average Bonchev–Trinajstić information content (AvgIpc) is 3.32. The normalized spacial score (nSPS) is 13.9. The Bertz CT molecular complexity index is 1070. The SMILES string of the molecule is CCc1cc(CCC(CC)c2ccc(S(=O)(=O)NCC(=O)OC)s2)ccc1OCC(O)C(C)(C)C. The summed E-state index contributed by atoms with van der Waals surface area (Å²) in [5.74, 6) is 0.400. The van der Waals surface area contributed by atoms with Crippen LogP contribution in [0.1, 0.15) is 69.4 Å². The number of carbonyl (C=O) groups is 1. The first-order valence-electron chi connectivity index (χ1n) is 12.0. The fraction of sp³-hybridized carbons (Fsp3) is 0.577. The second kappa shape index (κ2) is 12.9. The van der Waals surface area contributed by atoms with Gasteiger partial charge in [-0.2, -0.15) is 4.72 Å². The van der Waals surface area contributed by atoms with E-state index in [2.05, 4.69) is 35.4 Å². The number of hydrogen-bond donors (Lipinski definition) is 2. The molecule has 0 radical (unpaired) electrons. The maximum Gasteiger partial charge on any atom is 0.320 e. The van der Waals surface area contributed by atoms with Gasteiger partial charge in [0, 0.05) is 4.88 Å². The van der Waals surface area contributed by atoms with Gasteiger partial charge in [0.05, 0.1) is 13.2 Å². The summed E-state index contributed by atoms with van der Waals surface area (Å²) >= 11 is 1.24. The number of aliphatic hydroxyl groups is 1. The number of carbonyl (C=O) groups excluding carboxylic acids is 1. The van der Waals surface area contributed by atoms with Crippen LogP contribution < -0.4 is 9.46 Å². The molecule has 1 aromatic carbocycles. The molecule has 2 rings (SSSR count). The maximum atomic E-state index is 12.5. The summed E-state index contributed by atoms with van der Waals surface area (Å²) in [7, 11) is -2.54. The molecule has 2 N–H and O–H groups in total. The van der Waals surface area contributed by atoms with Gasteiger partial charge in [-0.3, -0.25) is 4.79 Å². The van der Waals surface area contributed by atoms with E-state index < -0.39 is 28.6 Å². The summed E-state index contributed by atoms with van der Waals surface area (Å²) in [5, 5.41) is 10.3. The fourth-order valence-electron chi connectivity index (χ4n) is 3.51. The van der Waals surface area contributed by atoms with Gasteiger partial charge in [-0.15, -0.1) is 11.3 Å². The number of thiophene rings is 1. The summed E-state index contributed by atoms with van der Waals surface area (Å²) in [6, 6.07) is 9.65. The largest absolute Gasteiger partial charge is 0.491 e. The zero-order chi connectivity index (χ0) is 26.2. The highest BCUT2D eigenvalue weighted by molar-refractivity contribution is 7.91. The zero-order valence-electron chi connectivity index (χ0n) is 21.6. The van der Waals surface area contributed by atoms with Crippen LogP contribution in [0.4, 0.5) is 0 Å². The van der Waals surface area contributed by atoms with Crippen LogP contribution in [-0.2, 0) is 32.4 Å². The van der Waals surface area contributed by atoms with E-state index in [0.717, 1.165) is 41.9 Å². The average molecular weight is 526 g/mol. The number of rotatable bonds is 13. The summed E-state index contributed by atoms with van der Waals surface area (Å²) in [5.41, 5.74) is 2.07. The van der Waals surface area contributed by atoms with E-state index in [1.54, 1.807) is 6.07 Å². The molecule has 0 aliphatic heterocycles. The molecule has 35 heavy (non-hydrogen) atoms. The molecule has 0 spiro atoms. The summed E-state index contributed by atoms with van der Waals surface area (Å²) in [4.78, 5) is 12.3. The van der Waals surface area contributed by atoms with E-state index in [4.69, 9.17) is 4.74 Å². The molecule has 0 saturated heterocycles. The van der Waals surface area contributed by atoms with Crippen LogP contribution in [0.15, 0.2) is 34.5 Å². The summed E-state index contributed by atoms with van der Waals surface area (Å²) in [6.07, 6.45) is 2.92. The minimum absolute atomic E-state index is 0.196. The third kappa shape index (κ3) is 8.59. The molecule has 1 aromatic heterocycles. The summed E-state index contributed by atoms with van der Waals surface area (Å²) in [6.45, 7) is 10.0. The van der Waals surface area contributed by atoms with Crippen molar-refractivity contribution in [2.24, 2.45) is 5.41 Å². The van der Waals surface area contributed by atoms with Crippen molar-refractivity contribution in [2.75, 3.05) is 20.3 Å². The van der Waals surface area contributed by atoms with Gasteiger partial charge in [-0.05, 0) is 66.3 Å². The number of sulfonamides is 1. The molecule has 0 saturated carbocycles. The lowest BCUT2D eigenvalue weighted by Gasteiger charge is -2.26. The van der Waals surface area contributed by atoms with E-state index >= 15 is 0 Å². The number of aryl methyl sites for hydroxylation is 2. The molecular formula is C26H39NO6S2. The Hall–Kier alpha value is -1.94. The molecular weight excluding hydrogens is 486 g/mol. The first-order chi connectivity index (χ1) is 16.4. The van der Waals surface area contributed by atoms with E-state index in [0.29, 0.717) is 0 Å². The fourth-order valence-corrected chi connectivity index (χ4v) is 6.07. The number of benzene rings is 1. The van der Waals surface area contributed by atoms with E-state index in [1.807, 2.05) is 32.9 Å². The van der Waals surface area contributed by atoms with Gasteiger partial charge in [0.1, 0.15) is 23.1 Å². The van der Waals surface area contributed by atoms with Crippen molar-refractivity contribution in [1.82, 2.24) is 4.72 Å². The highest BCUT2D eigenvalue weighted by Crippen LogP contribution is 2.33. The topological polar surface area (TPSA) is 102 Å². The van der Waals surface area contributed by atoms with Crippen molar-refractivity contribution in [3.63, 3.8) is 0 Å². The number of hydrogen-bond acceptors (Lipinski definition) is 7. The Morgan fingerprint density at radius 3 is 2.49 bits per heavy atom. The van der Waals surface area contributed by atoms with Crippen LogP contribution in [0.3, 0.4) is 0 Å². The van der Waals surface area contributed by atoms with Crippen LogP contribution in [0.25, 0.3) is 0 Å². The molecule has 2 unspecified atom stereocenters. The van der Waals surface area contributed by atoms with Crippen molar-refractivity contribution in [1.29, 1.82) is 0 Å². The van der Waals surface area contributed by atoms with Gasteiger partial charge < -0.3 is 14.6 Å². The number of nitrogens with one attached hydrogen (secondary N) is 1. The Morgan fingerprint density at radius 2 is 1.89 bits per heavy atom. The molecule has 0 aliphatic rings. The maximum absolute atomic E-state index is 12.5. The molecule has 7 nitrogen and oxygen atoms in total. The van der Waals surface area contributed by atoms with Crippen LogP contribution in [0.2, 0.25) is 0 Å². The predicted octanol–water partition coefficient (Wildman–Crippen LogP) is 4.67. The number of ether oxygens (including phenoxy) is 2. The molecule has 2 atom stereocenters. The first kappa shape index (κ1) is 29.3. The smallest absolute Gasteiger partial charge is 0.320 e. The molecule has 0 aliphatic carbocycles. The van der Waals surface area contributed by atoms with Gasteiger partial charge in [0.25, 0.3) is 10.0 Å². The van der Waals surface area contributed by atoms with E-state index in [9.17, 15) is 18.3 Å². The number of methoxy groups -OCH3 is 1. The minimum atomic E-state index is -3.75. The first-order valence-corrected chi connectivity index (χ1v) is 14.3. The standard InChI is InChI=1S/C26H39NO6S2/c1-7-19(22-13-14-25(34-22)35(30,31)27-16-24(29)32-6)11-9-18-10-12-21(20(8-2)15-18)33-17-23(28)26(3,4)5/h10,12-15,19,23,27-28H,7-9,11,16-17H2,1-6H3. The Balaban J connectivity index is 2.04. The lowest BCUT2D eigenvalue weighted by atomic mass is 9.90. The Kier molecular flexibility index (Phi) is 10.8. The molecule has 196 valence electrons. The van der Waals surface area contributed by atoms with Crippen molar-refractivity contribution in [2.45, 2.75) is 76.5 Å². The Morgan fingerprint density at radius 1 is 1.17 bits per heavy atom. The second-order valence-electron chi connectivity index (χ2n) is 9.69. The lowest BCUT2D eigenvalue weighted by Crippen LogP contribution is -2.32. The van der Waals surface area contributed by atoms with Crippen molar-refractivity contribution in [3.05, 3.63) is 46.3 Å². The Labute approximate surface area is 213 Å². The van der Waals surface area contributed by atoms with Crippen LogP contribution in [0, 0.1) is 5.41 Å². The minimum Gasteiger partial charge on any atom is -0.491 e. The van der Waals surface area contributed by atoms with Gasteiger partial charge in [0.15, 0.2) is 0 Å². The van der Waals surface area contributed by atoms with Crippen molar-refractivity contribution in [3.8, 4) is 5.75 Å². The zero-order valence-corrected chi connectivity index (χ0v) is 23.2. The molecule has 0 bridgehead atoms. The van der Waals surface area contributed by atoms with Crippen molar-refractivity contribution >= 4 is 27.3 Å². The molecule has 0 amide bonds.